The standard InChI is InChI=1S/C61H49NS/c1-61(2)55-23-13-11-21-50(55)51-35-32-47(39-56(51)61)62(57-36-31-45(37-54(57)43-17-7-4-8-18-43)42-27-25-41(26-28-42)40-15-5-3-6-16-40)60-48-20-10-9-19-44(48)29-33-49(60)46-30-34-53-52-22-12-14-24-58(52)63-59(53)38-46/h4,7-14,17-40H,3,5-6,15-16H2,1-2H3. The molecule has 10 aromatic rings. The minimum atomic E-state index is -0.155. The van der Waals surface area contributed by atoms with Gasteiger partial charge in [-0.15, -0.1) is 11.3 Å². The van der Waals surface area contributed by atoms with E-state index in [2.05, 4.69) is 213 Å². The molecule has 2 aliphatic carbocycles. The summed E-state index contributed by atoms with van der Waals surface area (Å²) in [6, 6.07) is 73.4. The smallest absolute Gasteiger partial charge is 0.0618 e. The molecule has 1 heterocycles. The van der Waals surface area contributed by atoms with E-state index in [0.717, 1.165) is 11.4 Å². The first-order valence-electron chi connectivity index (χ1n) is 22.8. The third-order valence-electron chi connectivity index (χ3n) is 14.3. The van der Waals surface area contributed by atoms with Gasteiger partial charge in [0.15, 0.2) is 0 Å². The number of hydrogen-bond acceptors (Lipinski definition) is 2. The highest BCUT2D eigenvalue weighted by atomic mass is 32.1. The quantitative estimate of drug-likeness (QED) is 0.155. The molecule has 1 aromatic heterocycles. The van der Waals surface area contributed by atoms with Gasteiger partial charge in [0.25, 0.3) is 0 Å². The highest BCUT2D eigenvalue weighted by molar-refractivity contribution is 7.25. The van der Waals surface area contributed by atoms with E-state index in [9.17, 15) is 0 Å². The topological polar surface area (TPSA) is 3.24 Å². The number of hydrogen-bond donors (Lipinski definition) is 0. The fourth-order valence-corrected chi connectivity index (χ4v) is 12.1. The van der Waals surface area contributed by atoms with Crippen LogP contribution in [0.3, 0.4) is 0 Å². The van der Waals surface area contributed by atoms with Crippen LogP contribution in [-0.2, 0) is 5.41 Å². The van der Waals surface area contributed by atoms with Crippen LogP contribution in [0.15, 0.2) is 194 Å². The largest absolute Gasteiger partial charge is 0.309 e. The predicted molar refractivity (Wildman–Crippen MR) is 271 cm³/mol. The van der Waals surface area contributed by atoms with Crippen LogP contribution < -0.4 is 4.90 Å². The lowest BCUT2D eigenvalue weighted by atomic mass is 9.82. The van der Waals surface area contributed by atoms with Crippen LogP contribution in [-0.4, -0.2) is 0 Å². The zero-order valence-electron chi connectivity index (χ0n) is 35.9. The number of anilines is 3. The molecule has 0 amide bonds. The van der Waals surface area contributed by atoms with Crippen molar-refractivity contribution >= 4 is 59.3 Å². The number of thiophene rings is 1. The Morgan fingerprint density at radius 3 is 1.98 bits per heavy atom. The maximum Gasteiger partial charge on any atom is 0.0618 e. The molecule has 1 saturated carbocycles. The van der Waals surface area contributed by atoms with E-state index < -0.39 is 0 Å². The predicted octanol–water partition coefficient (Wildman–Crippen LogP) is 18.0. The zero-order chi connectivity index (χ0) is 42.1. The van der Waals surface area contributed by atoms with Crippen molar-refractivity contribution in [2.45, 2.75) is 57.3 Å². The Morgan fingerprint density at radius 1 is 0.444 bits per heavy atom. The first kappa shape index (κ1) is 38.0. The summed E-state index contributed by atoms with van der Waals surface area (Å²) < 4.78 is 2.63. The molecule has 0 spiro atoms. The van der Waals surface area contributed by atoms with Crippen molar-refractivity contribution < 1.29 is 0 Å². The zero-order valence-corrected chi connectivity index (χ0v) is 36.8. The van der Waals surface area contributed by atoms with Gasteiger partial charge in [-0.25, -0.2) is 0 Å². The van der Waals surface area contributed by atoms with Gasteiger partial charge in [0.1, 0.15) is 0 Å². The van der Waals surface area contributed by atoms with Gasteiger partial charge in [0, 0.05) is 47.8 Å². The van der Waals surface area contributed by atoms with E-state index in [4.69, 9.17) is 0 Å². The molecule has 0 bridgehead atoms. The molecule has 0 atom stereocenters. The summed E-state index contributed by atoms with van der Waals surface area (Å²) in [7, 11) is 0. The molecule has 0 aliphatic heterocycles. The van der Waals surface area contributed by atoms with Crippen molar-refractivity contribution in [3.05, 3.63) is 211 Å². The van der Waals surface area contributed by atoms with Gasteiger partial charge in [-0.3, -0.25) is 0 Å². The Kier molecular flexibility index (Phi) is 9.20. The summed E-state index contributed by atoms with van der Waals surface area (Å²) in [4.78, 5) is 2.59. The second kappa shape index (κ2) is 15.3. The average Bonchev–Trinajstić information content (AvgIpc) is 3.83. The van der Waals surface area contributed by atoms with Gasteiger partial charge < -0.3 is 4.90 Å². The maximum atomic E-state index is 2.59. The fourth-order valence-electron chi connectivity index (χ4n) is 11.0. The third-order valence-corrected chi connectivity index (χ3v) is 15.4. The minimum Gasteiger partial charge on any atom is -0.309 e. The lowest BCUT2D eigenvalue weighted by Crippen LogP contribution is -2.17. The van der Waals surface area contributed by atoms with Gasteiger partial charge in [-0.2, -0.15) is 0 Å². The molecular weight excluding hydrogens is 779 g/mol. The SMILES string of the molecule is CC1(C)c2ccccc2-c2ccc(N(c3ccc(-c4ccc(C5CCCCC5)cc4)cc3-c3ccccc3)c3c(-c4ccc5c(c4)sc4ccccc45)ccc4ccccc34)cc21. The van der Waals surface area contributed by atoms with Gasteiger partial charge in [-0.1, -0.05) is 191 Å². The van der Waals surface area contributed by atoms with Gasteiger partial charge in [-0.05, 0) is 111 Å². The number of benzene rings is 9. The summed E-state index contributed by atoms with van der Waals surface area (Å²) >= 11 is 1.88. The number of rotatable bonds is 7. The van der Waals surface area contributed by atoms with Crippen molar-refractivity contribution in [2.24, 2.45) is 0 Å². The molecule has 0 radical (unpaired) electrons. The van der Waals surface area contributed by atoms with Crippen molar-refractivity contribution in [3.8, 4) is 44.5 Å². The Bertz CT molecular complexity index is 3350. The first-order chi connectivity index (χ1) is 31.0. The summed E-state index contributed by atoms with van der Waals surface area (Å²) in [6.07, 6.45) is 6.68. The highest BCUT2D eigenvalue weighted by Crippen LogP contribution is 2.54. The van der Waals surface area contributed by atoms with Gasteiger partial charge in [0.05, 0.1) is 11.4 Å². The minimum absolute atomic E-state index is 0.155. The van der Waals surface area contributed by atoms with E-state index in [-0.39, 0.29) is 5.41 Å². The molecule has 1 nitrogen and oxygen atoms in total. The first-order valence-corrected chi connectivity index (χ1v) is 23.6. The van der Waals surface area contributed by atoms with Gasteiger partial charge in [0.2, 0.25) is 0 Å². The Hall–Kier alpha value is -6.74. The van der Waals surface area contributed by atoms with Crippen molar-refractivity contribution in [2.75, 3.05) is 4.90 Å². The van der Waals surface area contributed by atoms with Crippen molar-refractivity contribution in [3.63, 3.8) is 0 Å². The van der Waals surface area contributed by atoms with E-state index in [1.807, 2.05) is 11.3 Å². The number of fused-ring (bicyclic) bond motifs is 7. The van der Waals surface area contributed by atoms with E-state index >= 15 is 0 Å². The summed E-state index contributed by atoms with van der Waals surface area (Å²) in [5, 5.41) is 5.07. The molecule has 0 unspecified atom stereocenters. The molecule has 12 rings (SSSR count). The summed E-state index contributed by atoms with van der Waals surface area (Å²) in [6.45, 7) is 4.78. The van der Waals surface area contributed by atoms with Crippen LogP contribution in [0.1, 0.15) is 68.6 Å². The molecule has 2 heteroatoms. The molecule has 0 N–H and O–H groups in total. The summed E-state index contributed by atoms with van der Waals surface area (Å²) in [5.74, 6) is 0.684. The second-order valence-electron chi connectivity index (χ2n) is 18.3. The Morgan fingerprint density at radius 2 is 1.13 bits per heavy atom. The second-order valence-corrected chi connectivity index (χ2v) is 19.4. The van der Waals surface area contributed by atoms with Crippen LogP contribution in [0.2, 0.25) is 0 Å². The van der Waals surface area contributed by atoms with Crippen LogP contribution in [0.4, 0.5) is 17.1 Å². The average molecular weight is 828 g/mol. The Balaban J connectivity index is 1.11. The third kappa shape index (κ3) is 6.42. The highest BCUT2D eigenvalue weighted by Gasteiger charge is 2.36. The molecular formula is C61H49NS. The lowest BCUT2D eigenvalue weighted by molar-refractivity contribution is 0.443. The van der Waals surface area contributed by atoms with E-state index in [1.165, 1.54) is 130 Å². The van der Waals surface area contributed by atoms with Gasteiger partial charge >= 0.3 is 0 Å². The molecule has 63 heavy (non-hydrogen) atoms. The molecule has 9 aromatic carbocycles. The van der Waals surface area contributed by atoms with E-state index in [0.29, 0.717) is 5.92 Å². The van der Waals surface area contributed by atoms with Crippen molar-refractivity contribution in [1.29, 1.82) is 0 Å². The van der Waals surface area contributed by atoms with Crippen molar-refractivity contribution in [1.82, 2.24) is 0 Å². The summed E-state index contributed by atoms with van der Waals surface area (Å²) in [5.41, 5.74) is 17.5. The molecule has 2 aliphatic rings. The molecule has 0 saturated heterocycles. The number of nitrogens with zero attached hydrogens (tertiary/aromatic N) is 1. The molecule has 1 fully saturated rings. The fraction of sp³-hybridized carbons (Fsp3) is 0.148. The van der Waals surface area contributed by atoms with Crippen LogP contribution >= 0.6 is 11.3 Å². The normalized spacial score (nSPS) is 14.6. The lowest BCUT2D eigenvalue weighted by Gasteiger charge is -2.32. The molecule has 304 valence electrons. The maximum absolute atomic E-state index is 2.59. The van der Waals surface area contributed by atoms with Crippen LogP contribution in [0, 0.1) is 0 Å². The van der Waals surface area contributed by atoms with Crippen LogP contribution in [0.25, 0.3) is 75.5 Å². The van der Waals surface area contributed by atoms with E-state index in [1.54, 1.807) is 0 Å². The van der Waals surface area contributed by atoms with Crippen LogP contribution in [0.5, 0.6) is 0 Å². The Labute approximate surface area is 374 Å². The monoisotopic (exact) mass is 827 g/mol.